The quantitative estimate of drug-likeness (QED) is 0.815. The first-order valence-electron chi connectivity index (χ1n) is 6.81. The number of carbonyl (C=O) groups is 1. The lowest BCUT2D eigenvalue weighted by molar-refractivity contribution is 0.0911. The van der Waals surface area contributed by atoms with E-state index in [-0.39, 0.29) is 11.9 Å². The van der Waals surface area contributed by atoms with Crippen molar-refractivity contribution in [2.24, 2.45) is 11.8 Å². The highest BCUT2D eigenvalue weighted by Crippen LogP contribution is 2.29. The summed E-state index contributed by atoms with van der Waals surface area (Å²) in [6.45, 7) is 4.48. The van der Waals surface area contributed by atoms with Crippen LogP contribution in [-0.4, -0.2) is 11.9 Å². The lowest BCUT2D eigenvalue weighted by Gasteiger charge is -2.32. The number of nitrogens with one attached hydrogen (secondary N) is 1. The van der Waals surface area contributed by atoms with Crippen LogP contribution in [0, 0.1) is 11.8 Å². The Morgan fingerprint density at radius 2 is 1.89 bits per heavy atom. The fourth-order valence-electron chi connectivity index (χ4n) is 3.04. The Morgan fingerprint density at radius 3 is 2.47 bits per heavy atom. The van der Waals surface area contributed by atoms with Crippen LogP contribution < -0.4 is 11.1 Å². The largest absolute Gasteiger partial charge is 0.399 e. The van der Waals surface area contributed by atoms with Gasteiger partial charge in [-0.15, -0.1) is 0 Å². The Kier molecular flexibility index (Phi) is 4.35. The van der Waals surface area contributed by atoms with Gasteiger partial charge in [-0.1, -0.05) is 25.4 Å². The highest BCUT2D eigenvalue weighted by atomic mass is 35.5. The Bertz CT molecular complexity index is 465. The highest BCUT2D eigenvalue weighted by molar-refractivity contribution is 6.34. The smallest absolute Gasteiger partial charge is 0.253 e. The Morgan fingerprint density at radius 1 is 1.26 bits per heavy atom. The van der Waals surface area contributed by atoms with Crippen LogP contribution in [-0.2, 0) is 0 Å². The maximum absolute atomic E-state index is 12.2. The van der Waals surface area contributed by atoms with Gasteiger partial charge in [-0.05, 0) is 49.3 Å². The van der Waals surface area contributed by atoms with Gasteiger partial charge in [0.25, 0.3) is 5.91 Å². The van der Waals surface area contributed by atoms with Gasteiger partial charge in [0.2, 0.25) is 0 Å². The minimum absolute atomic E-state index is 0.101. The van der Waals surface area contributed by atoms with Crippen LogP contribution in [0.4, 0.5) is 5.69 Å². The molecule has 2 unspecified atom stereocenters. The second kappa shape index (κ2) is 5.83. The number of hydrogen-bond donors (Lipinski definition) is 2. The number of nitrogen functional groups attached to an aromatic ring is 1. The van der Waals surface area contributed by atoms with Gasteiger partial charge >= 0.3 is 0 Å². The maximum Gasteiger partial charge on any atom is 0.253 e. The van der Waals surface area contributed by atoms with E-state index in [1.165, 1.54) is 6.42 Å². The minimum atomic E-state index is -0.101. The van der Waals surface area contributed by atoms with Crippen molar-refractivity contribution in [3.63, 3.8) is 0 Å². The summed E-state index contributed by atoms with van der Waals surface area (Å²) in [5, 5.41) is 3.50. The van der Waals surface area contributed by atoms with E-state index in [4.69, 9.17) is 17.3 Å². The Hall–Kier alpha value is -1.22. The maximum atomic E-state index is 12.2. The van der Waals surface area contributed by atoms with Gasteiger partial charge in [0, 0.05) is 11.7 Å². The van der Waals surface area contributed by atoms with Crippen molar-refractivity contribution < 1.29 is 4.79 Å². The van der Waals surface area contributed by atoms with E-state index in [1.54, 1.807) is 18.2 Å². The number of hydrogen-bond acceptors (Lipinski definition) is 2. The summed E-state index contributed by atoms with van der Waals surface area (Å²) >= 11 is 6.06. The summed E-state index contributed by atoms with van der Waals surface area (Å²) in [5.41, 5.74) is 6.70. The third-order valence-corrected chi connectivity index (χ3v) is 4.06. The average Bonchev–Trinajstić information content (AvgIpc) is 2.26. The standard InChI is InChI=1S/C15H21ClN2O/c1-9-5-10(2)7-12(6-9)18-15(19)13-4-3-11(17)8-14(13)16/h3-4,8-10,12H,5-7,17H2,1-2H3,(H,18,19). The fourth-order valence-corrected chi connectivity index (χ4v) is 3.32. The molecule has 1 saturated carbocycles. The molecule has 1 aromatic rings. The number of rotatable bonds is 2. The molecule has 0 bridgehead atoms. The van der Waals surface area contributed by atoms with Crippen LogP contribution in [0.25, 0.3) is 0 Å². The lowest BCUT2D eigenvalue weighted by atomic mass is 9.80. The molecule has 0 heterocycles. The van der Waals surface area contributed by atoms with Gasteiger partial charge < -0.3 is 11.1 Å². The number of nitrogens with two attached hydrogens (primary N) is 1. The molecule has 0 radical (unpaired) electrons. The van der Waals surface area contributed by atoms with Gasteiger partial charge in [0.05, 0.1) is 10.6 Å². The first kappa shape index (κ1) is 14.2. The molecule has 1 aromatic carbocycles. The second-order valence-corrected chi connectivity index (χ2v) is 6.23. The molecule has 2 atom stereocenters. The summed E-state index contributed by atoms with van der Waals surface area (Å²) in [4.78, 5) is 12.2. The van der Waals surface area contributed by atoms with E-state index in [1.807, 2.05) is 0 Å². The normalized spacial score (nSPS) is 27.0. The molecule has 3 N–H and O–H groups in total. The molecule has 1 amide bonds. The van der Waals surface area contributed by atoms with Crippen LogP contribution in [0.1, 0.15) is 43.5 Å². The third kappa shape index (κ3) is 3.63. The van der Waals surface area contributed by atoms with Crippen molar-refractivity contribution in [3.05, 3.63) is 28.8 Å². The van der Waals surface area contributed by atoms with E-state index < -0.39 is 0 Å². The molecule has 3 nitrogen and oxygen atoms in total. The van der Waals surface area contributed by atoms with E-state index in [0.717, 1.165) is 12.8 Å². The summed E-state index contributed by atoms with van der Waals surface area (Å²) in [5.74, 6) is 1.23. The zero-order chi connectivity index (χ0) is 14.0. The topological polar surface area (TPSA) is 55.1 Å². The zero-order valence-electron chi connectivity index (χ0n) is 11.4. The number of amides is 1. The second-order valence-electron chi connectivity index (χ2n) is 5.83. The molecule has 0 aliphatic heterocycles. The van der Waals surface area contributed by atoms with E-state index in [9.17, 15) is 4.79 Å². The molecule has 0 spiro atoms. The van der Waals surface area contributed by atoms with E-state index in [0.29, 0.717) is 28.1 Å². The molecule has 0 aromatic heterocycles. The predicted molar refractivity (Wildman–Crippen MR) is 79.3 cm³/mol. The van der Waals surface area contributed by atoms with Crippen molar-refractivity contribution in [1.29, 1.82) is 0 Å². The highest BCUT2D eigenvalue weighted by Gasteiger charge is 2.25. The number of halogens is 1. The monoisotopic (exact) mass is 280 g/mol. The van der Waals surface area contributed by atoms with Crippen LogP contribution in [0.15, 0.2) is 18.2 Å². The van der Waals surface area contributed by atoms with Gasteiger partial charge in [0.15, 0.2) is 0 Å². The zero-order valence-corrected chi connectivity index (χ0v) is 12.2. The van der Waals surface area contributed by atoms with E-state index >= 15 is 0 Å². The van der Waals surface area contributed by atoms with Crippen molar-refractivity contribution in [3.8, 4) is 0 Å². The SMILES string of the molecule is CC1CC(C)CC(NC(=O)c2ccc(N)cc2Cl)C1. The van der Waals surface area contributed by atoms with Gasteiger partial charge in [-0.25, -0.2) is 0 Å². The summed E-state index contributed by atoms with van der Waals surface area (Å²) in [6, 6.07) is 5.25. The molecule has 0 saturated heterocycles. The first-order chi connectivity index (χ1) is 8.95. The molecule has 104 valence electrons. The first-order valence-corrected chi connectivity index (χ1v) is 7.19. The molecule has 1 fully saturated rings. The van der Waals surface area contributed by atoms with Crippen molar-refractivity contribution in [2.45, 2.75) is 39.2 Å². The van der Waals surface area contributed by atoms with Crippen LogP contribution in [0.3, 0.4) is 0 Å². The molecular formula is C15H21ClN2O. The Balaban J connectivity index is 2.04. The molecule has 4 heteroatoms. The number of benzene rings is 1. The molecule has 19 heavy (non-hydrogen) atoms. The van der Waals surface area contributed by atoms with Crippen LogP contribution in [0.2, 0.25) is 5.02 Å². The van der Waals surface area contributed by atoms with Gasteiger partial charge in [-0.3, -0.25) is 4.79 Å². The predicted octanol–water partition coefficient (Wildman–Crippen LogP) is 3.48. The van der Waals surface area contributed by atoms with Gasteiger partial charge in [0.1, 0.15) is 0 Å². The summed E-state index contributed by atoms with van der Waals surface area (Å²) in [7, 11) is 0. The summed E-state index contributed by atoms with van der Waals surface area (Å²) < 4.78 is 0. The minimum Gasteiger partial charge on any atom is -0.399 e. The number of anilines is 1. The van der Waals surface area contributed by atoms with Crippen molar-refractivity contribution >= 4 is 23.2 Å². The van der Waals surface area contributed by atoms with Crippen molar-refractivity contribution in [2.75, 3.05) is 5.73 Å². The lowest BCUT2D eigenvalue weighted by Crippen LogP contribution is -2.40. The third-order valence-electron chi connectivity index (χ3n) is 3.75. The number of carbonyl (C=O) groups excluding carboxylic acids is 1. The molecular weight excluding hydrogens is 260 g/mol. The summed E-state index contributed by atoms with van der Waals surface area (Å²) in [6.07, 6.45) is 3.33. The molecule has 1 aliphatic rings. The fraction of sp³-hybridized carbons (Fsp3) is 0.533. The van der Waals surface area contributed by atoms with Crippen LogP contribution >= 0.6 is 11.6 Å². The Labute approximate surface area is 119 Å². The molecule has 2 rings (SSSR count). The van der Waals surface area contributed by atoms with Crippen LogP contribution in [0.5, 0.6) is 0 Å². The van der Waals surface area contributed by atoms with E-state index in [2.05, 4.69) is 19.2 Å². The molecule has 1 aliphatic carbocycles. The average molecular weight is 281 g/mol. The van der Waals surface area contributed by atoms with Gasteiger partial charge in [-0.2, -0.15) is 0 Å². The van der Waals surface area contributed by atoms with Crippen molar-refractivity contribution in [1.82, 2.24) is 5.32 Å².